The topological polar surface area (TPSA) is 17.0 Å². The summed E-state index contributed by atoms with van der Waals surface area (Å²) in [7, 11) is 0. The van der Waals surface area contributed by atoms with Crippen LogP contribution in [0.3, 0.4) is 0 Å². The molecule has 0 saturated carbocycles. The molecule has 2 aromatic carbocycles. The summed E-state index contributed by atoms with van der Waals surface area (Å²) in [4.78, 5) is 0. The molecule has 0 unspecified atom stereocenters. The zero-order valence-corrected chi connectivity index (χ0v) is 21.6. The minimum atomic E-state index is 1.07. The summed E-state index contributed by atoms with van der Waals surface area (Å²) in [5.74, 6) is 0. The maximum Gasteiger partial charge on any atom is 0.0904 e. The van der Waals surface area contributed by atoms with Gasteiger partial charge in [0.15, 0.2) is 0 Å². The SMILES string of the molecule is CCCCCCNc1cc2sc3c4sc5ccccc5c4n(-c4ccc(CC)cc4)c3c2s1. The summed E-state index contributed by atoms with van der Waals surface area (Å²) in [6, 6.07) is 20.4. The number of hydrogen-bond donors (Lipinski definition) is 1. The Morgan fingerprint density at radius 2 is 1.55 bits per heavy atom. The fourth-order valence-electron chi connectivity index (χ4n) is 4.74. The predicted octanol–water partition coefficient (Wildman–Crippen LogP) is 9.83. The second kappa shape index (κ2) is 8.79. The standard InChI is InChI=1S/C28H28N2S3/c1-3-5-6-9-16-29-23-17-22-26(33-23)25-28(32-22)27-24(20-10-7-8-11-21(20)31-27)30(25)19-14-12-18(4-2)13-15-19/h7-8,10-15,17,29H,3-6,9,16H2,1-2H3. The normalized spacial score (nSPS) is 12.1. The minimum absolute atomic E-state index is 1.07. The molecular formula is C28H28N2S3. The molecule has 4 aromatic heterocycles. The Morgan fingerprint density at radius 3 is 2.36 bits per heavy atom. The number of thiophene rings is 3. The zero-order valence-electron chi connectivity index (χ0n) is 19.1. The number of benzene rings is 2. The van der Waals surface area contributed by atoms with Gasteiger partial charge >= 0.3 is 0 Å². The summed E-state index contributed by atoms with van der Waals surface area (Å²) in [6.45, 7) is 5.56. The van der Waals surface area contributed by atoms with Crippen LogP contribution in [0.2, 0.25) is 0 Å². The van der Waals surface area contributed by atoms with Crippen molar-refractivity contribution in [3.05, 3.63) is 60.2 Å². The van der Waals surface area contributed by atoms with Crippen molar-refractivity contribution >= 4 is 78.9 Å². The number of nitrogens with one attached hydrogen (secondary N) is 1. The van der Waals surface area contributed by atoms with Gasteiger partial charge in [-0.1, -0.05) is 63.4 Å². The van der Waals surface area contributed by atoms with Crippen LogP contribution in [0.25, 0.3) is 45.6 Å². The lowest BCUT2D eigenvalue weighted by Gasteiger charge is -2.08. The highest BCUT2D eigenvalue weighted by molar-refractivity contribution is 7.37. The van der Waals surface area contributed by atoms with Crippen molar-refractivity contribution < 1.29 is 0 Å². The van der Waals surface area contributed by atoms with Crippen molar-refractivity contribution in [2.24, 2.45) is 0 Å². The highest BCUT2D eigenvalue weighted by Gasteiger charge is 2.23. The van der Waals surface area contributed by atoms with Crippen molar-refractivity contribution in [2.45, 2.75) is 46.0 Å². The highest BCUT2D eigenvalue weighted by Crippen LogP contribution is 2.50. The average molecular weight is 489 g/mol. The van der Waals surface area contributed by atoms with E-state index in [1.165, 1.54) is 81.9 Å². The molecule has 0 aliphatic heterocycles. The van der Waals surface area contributed by atoms with Crippen molar-refractivity contribution in [2.75, 3.05) is 11.9 Å². The van der Waals surface area contributed by atoms with Crippen LogP contribution >= 0.6 is 34.0 Å². The van der Waals surface area contributed by atoms with Crippen LogP contribution in [0.15, 0.2) is 54.6 Å². The smallest absolute Gasteiger partial charge is 0.0904 e. The summed E-state index contributed by atoms with van der Waals surface area (Å²) in [5, 5.41) is 6.36. The van der Waals surface area contributed by atoms with Crippen molar-refractivity contribution in [1.82, 2.24) is 4.57 Å². The lowest BCUT2D eigenvalue weighted by atomic mass is 10.1. The van der Waals surface area contributed by atoms with E-state index in [2.05, 4.69) is 78.3 Å². The minimum Gasteiger partial charge on any atom is -0.377 e. The van der Waals surface area contributed by atoms with Gasteiger partial charge in [-0.05, 0) is 42.7 Å². The molecule has 0 spiro atoms. The van der Waals surface area contributed by atoms with Gasteiger partial charge in [0, 0.05) is 22.3 Å². The number of aryl methyl sites for hydroxylation is 1. The molecule has 1 N–H and O–H groups in total. The van der Waals surface area contributed by atoms with E-state index < -0.39 is 0 Å². The lowest BCUT2D eigenvalue weighted by Crippen LogP contribution is -1.99. The Bertz CT molecular complexity index is 1560. The van der Waals surface area contributed by atoms with E-state index in [4.69, 9.17) is 0 Å². The second-order valence-electron chi connectivity index (χ2n) is 8.70. The van der Waals surface area contributed by atoms with E-state index >= 15 is 0 Å². The van der Waals surface area contributed by atoms with Gasteiger partial charge in [0.05, 0.1) is 34.8 Å². The van der Waals surface area contributed by atoms with Crippen LogP contribution < -0.4 is 5.32 Å². The van der Waals surface area contributed by atoms with E-state index in [0.717, 1.165) is 13.0 Å². The quantitative estimate of drug-likeness (QED) is 0.211. The number of anilines is 1. The summed E-state index contributed by atoms with van der Waals surface area (Å²) < 4.78 is 9.57. The fourth-order valence-corrected chi connectivity index (χ4v) is 8.60. The van der Waals surface area contributed by atoms with Gasteiger partial charge in [0.25, 0.3) is 0 Å². The maximum absolute atomic E-state index is 3.69. The van der Waals surface area contributed by atoms with E-state index in [1.54, 1.807) is 0 Å². The molecule has 4 heterocycles. The van der Waals surface area contributed by atoms with E-state index in [9.17, 15) is 0 Å². The van der Waals surface area contributed by atoms with Gasteiger partial charge in [-0.15, -0.1) is 34.0 Å². The van der Waals surface area contributed by atoms with Crippen LogP contribution in [0.4, 0.5) is 5.00 Å². The molecule has 0 amide bonds. The first-order valence-corrected chi connectivity index (χ1v) is 14.4. The first-order valence-electron chi connectivity index (χ1n) is 12.0. The first-order chi connectivity index (χ1) is 16.3. The molecule has 0 bridgehead atoms. The van der Waals surface area contributed by atoms with Crippen LogP contribution in [0, 0.1) is 0 Å². The Morgan fingerprint density at radius 1 is 0.758 bits per heavy atom. The van der Waals surface area contributed by atoms with E-state index in [0.29, 0.717) is 0 Å². The van der Waals surface area contributed by atoms with Crippen molar-refractivity contribution in [1.29, 1.82) is 0 Å². The van der Waals surface area contributed by atoms with Gasteiger partial charge < -0.3 is 9.88 Å². The number of nitrogens with zero attached hydrogens (tertiary/aromatic N) is 1. The second-order valence-corrected chi connectivity index (χ2v) is 11.9. The molecule has 0 aliphatic rings. The maximum atomic E-state index is 3.69. The van der Waals surface area contributed by atoms with Gasteiger partial charge in [0.2, 0.25) is 0 Å². The zero-order chi connectivity index (χ0) is 22.4. The molecular weight excluding hydrogens is 461 g/mol. The Labute approximate surface area is 206 Å². The lowest BCUT2D eigenvalue weighted by molar-refractivity contribution is 0.685. The molecule has 2 nitrogen and oxygen atoms in total. The molecule has 5 heteroatoms. The summed E-state index contributed by atoms with van der Waals surface area (Å²) in [5.41, 5.74) is 5.40. The van der Waals surface area contributed by atoms with Crippen LogP contribution in [-0.4, -0.2) is 11.1 Å². The summed E-state index contributed by atoms with van der Waals surface area (Å²) in [6.07, 6.45) is 6.24. The van der Waals surface area contributed by atoms with Crippen LogP contribution in [0.1, 0.15) is 45.1 Å². The molecule has 6 aromatic rings. The van der Waals surface area contributed by atoms with E-state index in [-0.39, 0.29) is 0 Å². The molecule has 0 saturated heterocycles. The third-order valence-corrected chi connectivity index (χ3v) is 10.2. The third-order valence-electron chi connectivity index (χ3n) is 6.50. The number of hydrogen-bond acceptors (Lipinski definition) is 4. The number of fused-ring (bicyclic) bond motifs is 7. The number of aromatic nitrogens is 1. The molecule has 0 atom stereocenters. The van der Waals surface area contributed by atoms with Crippen LogP contribution in [-0.2, 0) is 6.42 Å². The molecule has 0 aliphatic carbocycles. The van der Waals surface area contributed by atoms with E-state index in [1.807, 2.05) is 34.0 Å². The third kappa shape index (κ3) is 3.58. The van der Waals surface area contributed by atoms with Crippen molar-refractivity contribution in [3.63, 3.8) is 0 Å². The molecule has 33 heavy (non-hydrogen) atoms. The van der Waals surface area contributed by atoms with Crippen molar-refractivity contribution in [3.8, 4) is 5.69 Å². The molecule has 168 valence electrons. The fraction of sp³-hybridized carbons (Fsp3) is 0.286. The van der Waals surface area contributed by atoms with Gasteiger partial charge in [-0.2, -0.15) is 0 Å². The Balaban J connectivity index is 1.53. The highest BCUT2D eigenvalue weighted by atomic mass is 32.1. The van der Waals surface area contributed by atoms with Gasteiger partial charge in [-0.25, -0.2) is 0 Å². The largest absolute Gasteiger partial charge is 0.377 e. The average Bonchev–Trinajstić information content (AvgIpc) is 3.56. The predicted molar refractivity (Wildman–Crippen MR) is 151 cm³/mol. The Hall–Kier alpha value is -2.34. The Kier molecular flexibility index (Phi) is 5.65. The first kappa shape index (κ1) is 21.2. The van der Waals surface area contributed by atoms with Crippen LogP contribution in [0.5, 0.6) is 0 Å². The number of unbranched alkanes of at least 4 members (excludes halogenated alkanes) is 3. The molecule has 6 rings (SSSR count). The number of rotatable bonds is 8. The van der Waals surface area contributed by atoms with Gasteiger partial charge in [0.1, 0.15) is 0 Å². The monoisotopic (exact) mass is 488 g/mol. The summed E-state index contributed by atoms with van der Waals surface area (Å²) >= 11 is 5.82. The molecule has 0 radical (unpaired) electrons. The molecule has 0 fully saturated rings. The van der Waals surface area contributed by atoms with Gasteiger partial charge in [-0.3, -0.25) is 0 Å².